The molecule has 0 spiro atoms. The van der Waals surface area contributed by atoms with E-state index in [1.165, 1.54) is 6.92 Å². The zero-order valence-electron chi connectivity index (χ0n) is 20.7. The first-order chi connectivity index (χ1) is 19.2. The minimum atomic E-state index is -5.38. The summed E-state index contributed by atoms with van der Waals surface area (Å²) in [5.41, 5.74) is -1.87. The number of esters is 3. The number of carbonyl (C=O) groups is 3. The summed E-state index contributed by atoms with van der Waals surface area (Å²) >= 11 is 11.6. The highest BCUT2D eigenvalue weighted by Gasteiger charge is 2.50. The zero-order valence-corrected chi connectivity index (χ0v) is 34.5. The Hall–Kier alpha value is 0.930. The lowest BCUT2D eigenvalue weighted by Crippen LogP contribution is -2.48. The van der Waals surface area contributed by atoms with Crippen molar-refractivity contribution in [3.8, 4) is 0 Å². The highest BCUT2D eigenvalue weighted by molar-refractivity contribution is 14.1. The van der Waals surface area contributed by atoms with E-state index in [1.807, 2.05) is 136 Å². The molecule has 0 fully saturated rings. The monoisotopic (exact) mass is 1290 g/mol. The fourth-order valence-corrected chi connectivity index (χ4v) is 8.42. The molecular formula is C23H17F3I6O9S. The van der Waals surface area contributed by atoms with Crippen molar-refractivity contribution in [3.05, 3.63) is 56.8 Å². The summed E-state index contributed by atoms with van der Waals surface area (Å²) in [6, 6.07) is 6.82. The summed E-state index contributed by atoms with van der Waals surface area (Å²) in [5, 5.41) is 0. The van der Waals surface area contributed by atoms with Gasteiger partial charge >= 0.3 is 24.1 Å². The molecule has 0 saturated heterocycles. The van der Waals surface area contributed by atoms with Crippen LogP contribution in [0.5, 0.6) is 0 Å². The van der Waals surface area contributed by atoms with Crippen LogP contribution in [0, 0.1) is 26.8 Å². The highest BCUT2D eigenvalue weighted by Crippen LogP contribution is 2.33. The quantitative estimate of drug-likeness (QED) is 0.0824. The van der Waals surface area contributed by atoms with Crippen LogP contribution >= 0.6 is 136 Å². The average Bonchev–Trinajstić information content (AvgIpc) is 2.87. The van der Waals surface area contributed by atoms with Crippen LogP contribution in [0.25, 0.3) is 0 Å². The summed E-state index contributed by atoms with van der Waals surface area (Å²) in [6.07, 6.45) is -8.96. The van der Waals surface area contributed by atoms with Crippen LogP contribution < -0.4 is 0 Å². The van der Waals surface area contributed by atoms with Crippen molar-refractivity contribution in [2.24, 2.45) is 5.41 Å². The van der Waals surface area contributed by atoms with Gasteiger partial charge in [0.25, 0.3) is 10.1 Å². The van der Waals surface area contributed by atoms with Crippen molar-refractivity contribution in [2.45, 2.75) is 25.6 Å². The van der Waals surface area contributed by atoms with Crippen molar-refractivity contribution < 1.29 is 54.7 Å². The van der Waals surface area contributed by atoms with Crippen LogP contribution in [-0.2, 0) is 29.1 Å². The first-order valence-electron chi connectivity index (χ1n) is 11.1. The first kappa shape index (κ1) is 39.1. The van der Waals surface area contributed by atoms with Gasteiger partial charge in [-0.2, -0.15) is 21.6 Å². The van der Waals surface area contributed by atoms with Crippen molar-refractivity contribution in [3.63, 3.8) is 0 Å². The van der Waals surface area contributed by atoms with Crippen molar-refractivity contribution in [2.75, 3.05) is 19.0 Å². The lowest BCUT2D eigenvalue weighted by molar-refractivity contribution is -0.223. The number of carbonyl (C=O) groups excluding carboxylic acids is 3. The Morgan fingerprint density at radius 1 is 0.810 bits per heavy atom. The van der Waals surface area contributed by atoms with E-state index in [0.29, 0.717) is 14.3 Å². The summed E-state index contributed by atoms with van der Waals surface area (Å²) in [5.74, 6) is -5.40. The normalized spacial score (nSPS) is 12.9. The Balaban J connectivity index is 2.49. The van der Waals surface area contributed by atoms with E-state index < -0.39 is 64.7 Å². The van der Waals surface area contributed by atoms with Crippen molar-refractivity contribution in [1.82, 2.24) is 0 Å². The van der Waals surface area contributed by atoms with Crippen LogP contribution in [-0.4, -0.2) is 62.1 Å². The van der Waals surface area contributed by atoms with Gasteiger partial charge in [-0.05, 0) is 166 Å². The van der Waals surface area contributed by atoms with Gasteiger partial charge in [-0.1, -0.05) is 6.92 Å². The van der Waals surface area contributed by atoms with Crippen LogP contribution in [0.4, 0.5) is 13.2 Å². The van der Waals surface area contributed by atoms with E-state index in [0.717, 1.165) is 7.14 Å². The molecule has 0 amide bonds. The molecule has 2 rings (SSSR count). The van der Waals surface area contributed by atoms with Crippen LogP contribution in [0.3, 0.4) is 0 Å². The Morgan fingerprint density at radius 3 is 1.52 bits per heavy atom. The summed E-state index contributed by atoms with van der Waals surface area (Å²) < 4.78 is 91.2. The fraction of sp³-hybridized carbons (Fsp3) is 0.348. The molecule has 9 nitrogen and oxygen atoms in total. The van der Waals surface area contributed by atoms with Crippen molar-refractivity contribution >= 4 is 164 Å². The average molecular weight is 1290 g/mol. The molecule has 2 aromatic carbocycles. The Kier molecular flexibility index (Phi) is 15.0. The number of rotatable bonds is 11. The molecule has 0 aliphatic carbocycles. The van der Waals surface area contributed by atoms with Gasteiger partial charge in [0.05, 0.1) is 11.1 Å². The molecule has 0 aliphatic heterocycles. The second-order valence-electron chi connectivity index (χ2n) is 8.41. The molecule has 0 heterocycles. The largest absolute Gasteiger partial charge is 0.461 e. The van der Waals surface area contributed by atoms with Gasteiger partial charge in [0.15, 0.2) is 0 Å². The van der Waals surface area contributed by atoms with Crippen LogP contribution in [0.15, 0.2) is 24.3 Å². The van der Waals surface area contributed by atoms with Crippen LogP contribution in [0.2, 0.25) is 0 Å². The molecule has 0 bridgehead atoms. The lowest BCUT2D eigenvalue weighted by Gasteiger charge is -2.31. The first-order valence-corrected chi connectivity index (χ1v) is 19.2. The van der Waals surface area contributed by atoms with Crippen LogP contribution in [0.1, 0.15) is 34.1 Å². The standard InChI is InChI=1S/C23H17F3I6O9S/c1-2-22(21(35)41-14(23(24,25)26)7-42(36,37)38,8-39-19(33)15-10(27)3-5-12(29)17(15)31)9-40-20(34)16-11(28)4-6-13(30)18(16)32/h3-6,14H,2,7-9H2,1H3,(H,36,37,38). The SMILES string of the molecule is CCC(COC(=O)c1c(I)ccc(I)c1I)(COC(=O)c1c(I)ccc(I)c1I)C(=O)OC(CS(=O)(=O)O)C(F)(F)F. The van der Waals surface area contributed by atoms with E-state index in [9.17, 15) is 36.0 Å². The van der Waals surface area contributed by atoms with E-state index in [2.05, 4.69) is 4.74 Å². The second kappa shape index (κ2) is 16.2. The number of alkyl halides is 3. The smallest absolute Gasteiger partial charge is 0.426 e. The molecule has 0 aliphatic rings. The molecule has 0 radical (unpaired) electrons. The number of benzene rings is 2. The maximum atomic E-state index is 13.6. The van der Waals surface area contributed by atoms with Gasteiger partial charge in [-0.15, -0.1) is 0 Å². The van der Waals surface area contributed by atoms with E-state index in [4.69, 9.17) is 14.0 Å². The third-order valence-corrected chi connectivity index (χ3v) is 14.2. The molecule has 232 valence electrons. The minimum absolute atomic E-state index is 0.154. The molecule has 2 aromatic rings. The molecule has 19 heteroatoms. The predicted molar refractivity (Wildman–Crippen MR) is 195 cm³/mol. The Bertz CT molecular complexity index is 1410. The highest BCUT2D eigenvalue weighted by atomic mass is 127. The molecule has 42 heavy (non-hydrogen) atoms. The maximum absolute atomic E-state index is 13.6. The van der Waals surface area contributed by atoms with E-state index in [-0.39, 0.29) is 17.5 Å². The molecular weight excluding hydrogens is 1270 g/mol. The van der Waals surface area contributed by atoms with E-state index >= 15 is 0 Å². The van der Waals surface area contributed by atoms with Gasteiger partial charge in [0.1, 0.15) is 24.4 Å². The molecule has 0 saturated carbocycles. The topological polar surface area (TPSA) is 133 Å². The number of hydrogen-bond acceptors (Lipinski definition) is 8. The lowest BCUT2D eigenvalue weighted by atomic mass is 9.86. The van der Waals surface area contributed by atoms with Gasteiger partial charge in [-0.25, -0.2) is 9.59 Å². The third-order valence-electron chi connectivity index (χ3n) is 5.54. The summed E-state index contributed by atoms with van der Waals surface area (Å²) in [6.45, 7) is -0.377. The Labute approximate surface area is 320 Å². The van der Waals surface area contributed by atoms with E-state index in [1.54, 1.807) is 24.3 Å². The summed E-state index contributed by atoms with van der Waals surface area (Å²) in [4.78, 5) is 39.5. The summed E-state index contributed by atoms with van der Waals surface area (Å²) in [7, 11) is -5.23. The molecule has 1 N–H and O–H groups in total. The number of hydrogen-bond donors (Lipinski definition) is 1. The molecule has 0 aromatic heterocycles. The molecule has 1 atom stereocenters. The number of ether oxygens (including phenoxy) is 3. The third kappa shape index (κ3) is 10.5. The minimum Gasteiger partial charge on any atom is -0.461 e. The maximum Gasteiger partial charge on any atom is 0.426 e. The Morgan fingerprint density at radius 2 is 1.19 bits per heavy atom. The fourth-order valence-electron chi connectivity index (χ4n) is 3.13. The van der Waals surface area contributed by atoms with Gasteiger partial charge in [0.2, 0.25) is 6.10 Å². The number of halogens is 9. The van der Waals surface area contributed by atoms with Gasteiger partial charge in [0, 0.05) is 21.4 Å². The predicted octanol–water partition coefficient (Wildman–Crippen LogP) is 7.09. The zero-order chi connectivity index (χ0) is 32.2. The molecule has 1 unspecified atom stereocenters. The van der Waals surface area contributed by atoms with Gasteiger partial charge in [-0.3, -0.25) is 9.35 Å². The second-order valence-corrected chi connectivity index (χ2v) is 16.7. The van der Waals surface area contributed by atoms with Gasteiger partial charge < -0.3 is 14.2 Å². The van der Waals surface area contributed by atoms with Crippen molar-refractivity contribution in [1.29, 1.82) is 0 Å².